The third kappa shape index (κ3) is 3.06. The van der Waals surface area contributed by atoms with Crippen molar-refractivity contribution in [1.29, 1.82) is 0 Å². The summed E-state index contributed by atoms with van der Waals surface area (Å²) in [5, 5.41) is 14.6. The van der Waals surface area contributed by atoms with Crippen molar-refractivity contribution in [2.75, 3.05) is 19.7 Å². The lowest BCUT2D eigenvalue weighted by molar-refractivity contribution is -0.142. The molecule has 3 rings (SSSR count). The predicted octanol–water partition coefficient (Wildman–Crippen LogP) is 1.25. The quantitative estimate of drug-likeness (QED) is 0.917. The van der Waals surface area contributed by atoms with Gasteiger partial charge in [0.25, 0.3) is 0 Å². The highest BCUT2D eigenvalue weighted by Gasteiger charge is 2.23. The van der Waals surface area contributed by atoms with E-state index in [1.54, 1.807) is 0 Å². The number of ether oxygens (including phenoxy) is 1. The molecule has 0 radical (unpaired) electrons. The molecule has 1 aliphatic rings. The van der Waals surface area contributed by atoms with Gasteiger partial charge < -0.3 is 9.84 Å². The van der Waals surface area contributed by atoms with Crippen LogP contribution in [-0.4, -0.2) is 51.6 Å². The number of para-hydroxylation sites is 1. The molecule has 2 aromatic rings. The number of nitrogens with zero attached hydrogens (tertiary/aromatic N) is 3. The minimum absolute atomic E-state index is 0.0550. The smallest absolute Gasteiger partial charge is 0.306 e. The monoisotopic (exact) mass is 289 g/mol. The summed E-state index contributed by atoms with van der Waals surface area (Å²) in [6.45, 7) is 2.74. The fraction of sp³-hybridized carbons (Fsp3) is 0.467. The lowest BCUT2D eigenvalue weighted by atomic mass is 10.1. The number of carboxylic acid groups (broad SMARTS) is 1. The van der Waals surface area contributed by atoms with E-state index in [2.05, 4.69) is 22.1 Å². The van der Waals surface area contributed by atoms with Gasteiger partial charge in [0.1, 0.15) is 0 Å². The molecular weight excluding hydrogens is 270 g/mol. The number of aryl methyl sites for hydroxylation is 1. The molecule has 112 valence electrons. The van der Waals surface area contributed by atoms with Crippen molar-refractivity contribution in [3.63, 3.8) is 0 Å². The van der Waals surface area contributed by atoms with Crippen LogP contribution in [-0.2, 0) is 23.1 Å². The van der Waals surface area contributed by atoms with Crippen molar-refractivity contribution in [1.82, 2.24) is 14.7 Å². The van der Waals surface area contributed by atoms with E-state index in [4.69, 9.17) is 9.84 Å². The van der Waals surface area contributed by atoms with E-state index in [0.29, 0.717) is 13.2 Å². The lowest BCUT2D eigenvalue weighted by Gasteiger charge is -2.31. The number of benzene rings is 1. The summed E-state index contributed by atoms with van der Waals surface area (Å²) in [6, 6.07) is 8.15. The van der Waals surface area contributed by atoms with Gasteiger partial charge in [0.05, 0.1) is 30.3 Å². The normalized spacial score (nSPS) is 20.0. The summed E-state index contributed by atoms with van der Waals surface area (Å²) in [6.07, 6.45) is -0.175. The zero-order valence-corrected chi connectivity index (χ0v) is 12.0. The molecule has 1 atom stereocenters. The first-order chi connectivity index (χ1) is 10.1. The van der Waals surface area contributed by atoms with Gasteiger partial charge in [-0.1, -0.05) is 18.2 Å². The van der Waals surface area contributed by atoms with Crippen molar-refractivity contribution in [3.05, 3.63) is 30.0 Å². The van der Waals surface area contributed by atoms with Gasteiger partial charge >= 0.3 is 5.97 Å². The van der Waals surface area contributed by atoms with Crippen molar-refractivity contribution in [2.45, 2.75) is 19.1 Å². The summed E-state index contributed by atoms with van der Waals surface area (Å²) in [5.41, 5.74) is 2.15. The highest BCUT2D eigenvalue weighted by molar-refractivity contribution is 5.81. The second-order valence-corrected chi connectivity index (χ2v) is 5.41. The molecule has 2 heterocycles. The van der Waals surface area contributed by atoms with Gasteiger partial charge in [-0.2, -0.15) is 5.10 Å². The van der Waals surface area contributed by atoms with Gasteiger partial charge in [-0.05, 0) is 6.07 Å². The van der Waals surface area contributed by atoms with Crippen molar-refractivity contribution < 1.29 is 14.6 Å². The number of morpholine rings is 1. The summed E-state index contributed by atoms with van der Waals surface area (Å²) in [5.74, 6) is -0.815. The second kappa shape index (κ2) is 5.83. The van der Waals surface area contributed by atoms with Gasteiger partial charge in [-0.3, -0.25) is 14.4 Å². The molecule has 1 N–H and O–H groups in total. The molecule has 1 fully saturated rings. The summed E-state index contributed by atoms with van der Waals surface area (Å²) in [7, 11) is 1.94. The van der Waals surface area contributed by atoms with Crippen molar-refractivity contribution >= 4 is 16.9 Å². The molecule has 1 saturated heterocycles. The van der Waals surface area contributed by atoms with Crippen LogP contribution < -0.4 is 0 Å². The second-order valence-electron chi connectivity index (χ2n) is 5.41. The number of carbonyl (C=O) groups is 1. The van der Waals surface area contributed by atoms with Gasteiger partial charge in [0.2, 0.25) is 0 Å². The summed E-state index contributed by atoms with van der Waals surface area (Å²) in [4.78, 5) is 13.0. The Morgan fingerprint density at radius 2 is 2.29 bits per heavy atom. The molecule has 0 spiro atoms. The Kier molecular flexibility index (Phi) is 3.90. The minimum atomic E-state index is -0.815. The van der Waals surface area contributed by atoms with Crippen LogP contribution in [0, 0.1) is 0 Å². The van der Waals surface area contributed by atoms with Crippen LogP contribution in [0.3, 0.4) is 0 Å². The van der Waals surface area contributed by atoms with Crippen LogP contribution in [0.4, 0.5) is 0 Å². The third-order valence-electron chi connectivity index (χ3n) is 3.83. The highest BCUT2D eigenvalue weighted by atomic mass is 16.5. The van der Waals surface area contributed by atoms with E-state index < -0.39 is 5.97 Å². The van der Waals surface area contributed by atoms with E-state index in [-0.39, 0.29) is 12.5 Å². The summed E-state index contributed by atoms with van der Waals surface area (Å²) < 4.78 is 7.39. The molecule has 1 aliphatic heterocycles. The zero-order chi connectivity index (χ0) is 14.8. The van der Waals surface area contributed by atoms with Gasteiger partial charge in [-0.25, -0.2) is 0 Å². The predicted molar refractivity (Wildman–Crippen MR) is 78.0 cm³/mol. The molecule has 6 heteroatoms. The molecule has 1 unspecified atom stereocenters. The first-order valence-corrected chi connectivity index (χ1v) is 7.10. The van der Waals surface area contributed by atoms with Crippen LogP contribution in [0.2, 0.25) is 0 Å². The SMILES string of the molecule is Cn1nc(CN2CCOC(CC(=O)O)C2)c2ccccc21. The number of carboxylic acids is 1. The van der Waals surface area contributed by atoms with Crippen LogP contribution in [0.25, 0.3) is 10.9 Å². The number of hydrogen-bond donors (Lipinski definition) is 1. The number of hydrogen-bond acceptors (Lipinski definition) is 4. The third-order valence-corrected chi connectivity index (χ3v) is 3.83. The Morgan fingerprint density at radius 3 is 3.10 bits per heavy atom. The van der Waals surface area contributed by atoms with Crippen LogP contribution >= 0.6 is 0 Å². The molecule has 1 aromatic heterocycles. The Labute approximate surface area is 122 Å². The molecule has 6 nitrogen and oxygen atoms in total. The zero-order valence-electron chi connectivity index (χ0n) is 12.0. The average molecular weight is 289 g/mol. The largest absolute Gasteiger partial charge is 0.481 e. The van der Waals surface area contributed by atoms with E-state index in [1.165, 1.54) is 0 Å². The maximum absolute atomic E-state index is 10.8. The van der Waals surface area contributed by atoms with Crippen molar-refractivity contribution in [2.24, 2.45) is 7.05 Å². The molecule has 1 aromatic carbocycles. The Hall–Kier alpha value is -1.92. The number of aliphatic carboxylic acids is 1. The Balaban J connectivity index is 1.74. The lowest BCUT2D eigenvalue weighted by Crippen LogP contribution is -2.42. The van der Waals surface area contributed by atoms with Crippen LogP contribution in [0.15, 0.2) is 24.3 Å². The molecule has 0 aliphatic carbocycles. The molecule has 0 bridgehead atoms. The number of aromatic nitrogens is 2. The van der Waals surface area contributed by atoms with E-state index >= 15 is 0 Å². The summed E-state index contributed by atoms with van der Waals surface area (Å²) >= 11 is 0. The molecular formula is C15H19N3O3. The number of rotatable bonds is 4. The Morgan fingerprint density at radius 1 is 1.48 bits per heavy atom. The fourth-order valence-corrected chi connectivity index (χ4v) is 2.86. The van der Waals surface area contributed by atoms with Gasteiger partial charge in [0, 0.05) is 32.1 Å². The molecule has 0 saturated carbocycles. The van der Waals surface area contributed by atoms with Crippen LogP contribution in [0.5, 0.6) is 0 Å². The van der Waals surface area contributed by atoms with Crippen molar-refractivity contribution in [3.8, 4) is 0 Å². The molecule has 21 heavy (non-hydrogen) atoms. The fourth-order valence-electron chi connectivity index (χ4n) is 2.86. The maximum Gasteiger partial charge on any atom is 0.306 e. The van der Waals surface area contributed by atoms with Crippen LogP contribution in [0.1, 0.15) is 12.1 Å². The van der Waals surface area contributed by atoms with E-state index in [1.807, 2.05) is 23.9 Å². The van der Waals surface area contributed by atoms with E-state index in [0.717, 1.165) is 29.7 Å². The Bertz CT molecular complexity index is 653. The van der Waals surface area contributed by atoms with Gasteiger partial charge in [-0.15, -0.1) is 0 Å². The standard InChI is InChI=1S/C15H19N3O3/c1-17-14-5-3-2-4-12(14)13(16-17)10-18-6-7-21-11(9-18)8-15(19)20/h2-5,11H,6-10H2,1H3,(H,19,20). The first-order valence-electron chi connectivity index (χ1n) is 7.10. The van der Waals surface area contributed by atoms with Gasteiger partial charge in [0.15, 0.2) is 0 Å². The first kappa shape index (κ1) is 14.0. The maximum atomic E-state index is 10.8. The topological polar surface area (TPSA) is 67.6 Å². The van der Waals surface area contributed by atoms with E-state index in [9.17, 15) is 4.79 Å². The average Bonchev–Trinajstić information content (AvgIpc) is 2.76. The molecule has 0 amide bonds. The highest BCUT2D eigenvalue weighted by Crippen LogP contribution is 2.20. The minimum Gasteiger partial charge on any atom is -0.481 e. The number of fused-ring (bicyclic) bond motifs is 1.